The number of non-ortho nitro benzene ring substituents is 1. The van der Waals surface area contributed by atoms with Crippen molar-refractivity contribution in [2.45, 2.75) is 51.4 Å². The second-order valence-electron chi connectivity index (χ2n) is 11.6. The molecule has 48 heavy (non-hydrogen) atoms. The second kappa shape index (κ2) is 17.1. The van der Waals surface area contributed by atoms with Crippen LogP contribution in [0.3, 0.4) is 0 Å². The lowest BCUT2D eigenvalue weighted by Crippen LogP contribution is -2.38. The molecule has 12 nitrogen and oxygen atoms in total. The number of nitrogens with zero attached hydrogens (tertiary/aromatic N) is 2. The standard InChI is InChI=1S/C33H41F3N4O8/c1-20(2)37-18-25(41)19-48-26-11-9-22(10-12-26)13-14-39(4)15-16-47-32(43)27-21(3)38-30(33(34,35)36)29(31(42)46-5)28(27)23-7-6-8-24(17-23)40(44)45/h6-12,17,20,25,28,37-38,41H,13-16,18-19H2,1-5H3. The molecule has 1 aliphatic rings. The van der Waals surface area contributed by atoms with Crippen LogP contribution in [0.5, 0.6) is 5.75 Å². The first kappa shape index (κ1) is 38.0. The highest BCUT2D eigenvalue weighted by atomic mass is 19.4. The summed E-state index contributed by atoms with van der Waals surface area (Å²) in [5.74, 6) is -3.39. The van der Waals surface area contributed by atoms with Gasteiger partial charge in [-0.1, -0.05) is 38.1 Å². The van der Waals surface area contributed by atoms with Crippen molar-refractivity contribution >= 4 is 17.6 Å². The van der Waals surface area contributed by atoms with Gasteiger partial charge >= 0.3 is 18.1 Å². The normalized spacial score (nSPS) is 15.8. The summed E-state index contributed by atoms with van der Waals surface area (Å²) in [6.07, 6.45) is -5.02. The van der Waals surface area contributed by atoms with Gasteiger partial charge in [0, 0.05) is 43.5 Å². The number of allylic oxidation sites excluding steroid dienone is 2. The molecule has 0 fully saturated rings. The fraction of sp³-hybridized carbons (Fsp3) is 0.455. The third-order valence-corrected chi connectivity index (χ3v) is 7.50. The van der Waals surface area contributed by atoms with Gasteiger partial charge in [0.15, 0.2) is 0 Å². The van der Waals surface area contributed by atoms with Gasteiger partial charge in [-0.15, -0.1) is 0 Å². The van der Waals surface area contributed by atoms with Crippen molar-refractivity contribution in [3.8, 4) is 5.75 Å². The molecule has 2 aromatic carbocycles. The van der Waals surface area contributed by atoms with E-state index in [0.717, 1.165) is 24.8 Å². The highest BCUT2D eigenvalue weighted by Crippen LogP contribution is 2.44. The van der Waals surface area contributed by atoms with Crippen molar-refractivity contribution in [3.05, 3.63) is 92.3 Å². The van der Waals surface area contributed by atoms with Gasteiger partial charge in [-0.25, -0.2) is 9.59 Å². The van der Waals surface area contributed by atoms with E-state index in [1.807, 2.05) is 50.1 Å². The van der Waals surface area contributed by atoms with Gasteiger partial charge in [-0.2, -0.15) is 13.2 Å². The number of carbonyl (C=O) groups excluding carboxylic acids is 2. The molecular weight excluding hydrogens is 637 g/mol. The number of benzene rings is 2. The number of nitro groups is 1. The van der Waals surface area contributed by atoms with Crippen molar-refractivity contribution in [1.29, 1.82) is 0 Å². The Morgan fingerprint density at radius 1 is 1.10 bits per heavy atom. The zero-order valence-electron chi connectivity index (χ0n) is 27.4. The number of ether oxygens (including phenoxy) is 3. The third kappa shape index (κ3) is 10.5. The predicted octanol–water partition coefficient (Wildman–Crippen LogP) is 4.00. The van der Waals surface area contributed by atoms with E-state index in [4.69, 9.17) is 9.47 Å². The molecule has 0 saturated heterocycles. The Kier molecular flexibility index (Phi) is 13.5. The molecule has 0 aromatic heterocycles. The second-order valence-corrected chi connectivity index (χ2v) is 11.6. The highest BCUT2D eigenvalue weighted by molar-refractivity contribution is 6.00. The van der Waals surface area contributed by atoms with Gasteiger partial charge in [0.05, 0.1) is 29.1 Å². The van der Waals surface area contributed by atoms with E-state index in [0.29, 0.717) is 25.3 Å². The first-order valence-electron chi connectivity index (χ1n) is 15.2. The average molecular weight is 679 g/mol. The Hall–Kier alpha value is -4.47. The first-order valence-corrected chi connectivity index (χ1v) is 15.2. The summed E-state index contributed by atoms with van der Waals surface area (Å²) in [4.78, 5) is 38.8. The van der Waals surface area contributed by atoms with E-state index in [2.05, 4.69) is 15.4 Å². The quantitative estimate of drug-likeness (QED) is 0.134. The lowest BCUT2D eigenvalue weighted by atomic mass is 9.80. The van der Waals surface area contributed by atoms with Crippen LogP contribution in [0.25, 0.3) is 0 Å². The van der Waals surface area contributed by atoms with Gasteiger partial charge in [0.1, 0.15) is 30.8 Å². The lowest BCUT2D eigenvalue weighted by Gasteiger charge is -2.32. The third-order valence-electron chi connectivity index (χ3n) is 7.50. The number of esters is 2. The van der Waals surface area contributed by atoms with E-state index in [-0.39, 0.29) is 42.6 Å². The summed E-state index contributed by atoms with van der Waals surface area (Å²) in [6.45, 7) is 6.53. The molecule has 2 unspecified atom stereocenters. The molecule has 0 bridgehead atoms. The van der Waals surface area contributed by atoms with Crippen molar-refractivity contribution in [2.24, 2.45) is 0 Å². The van der Waals surface area contributed by atoms with Crippen LogP contribution in [0.4, 0.5) is 18.9 Å². The first-order chi connectivity index (χ1) is 22.6. The lowest BCUT2D eigenvalue weighted by molar-refractivity contribution is -0.384. The van der Waals surface area contributed by atoms with E-state index in [1.165, 1.54) is 19.1 Å². The predicted molar refractivity (Wildman–Crippen MR) is 170 cm³/mol. The number of rotatable bonds is 16. The van der Waals surface area contributed by atoms with Crippen molar-refractivity contribution in [1.82, 2.24) is 15.5 Å². The molecule has 2 atom stereocenters. The molecule has 0 spiro atoms. The molecule has 0 amide bonds. The summed E-state index contributed by atoms with van der Waals surface area (Å²) in [5.41, 5.74) is -2.40. The maximum absolute atomic E-state index is 14.1. The summed E-state index contributed by atoms with van der Waals surface area (Å²) in [5, 5.41) is 26.7. The fourth-order valence-corrected chi connectivity index (χ4v) is 4.98. The molecular formula is C33H41F3N4O8. The molecule has 0 saturated carbocycles. The molecule has 2 aromatic rings. The molecule has 0 radical (unpaired) electrons. The minimum absolute atomic E-state index is 0.0907. The van der Waals surface area contributed by atoms with Crippen molar-refractivity contribution in [2.75, 3.05) is 47.0 Å². The molecule has 3 N–H and O–H groups in total. The number of hydrogen-bond donors (Lipinski definition) is 3. The van der Waals surface area contributed by atoms with E-state index in [1.54, 1.807) is 0 Å². The van der Waals surface area contributed by atoms with Crippen LogP contribution < -0.4 is 15.4 Å². The van der Waals surface area contributed by atoms with Gasteiger partial charge in [-0.3, -0.25) is 10.1 Å². The van der Waals surface area contributed by atoms with Crippen molar-refractivity contribution in [3.63, 3.8) is 0 Å². The Balaban J connectivity index is 1.66. The number of carbonyl (C=O) groups is 2. The number of dihydropyridines is 1. The van der Waals surface area contributed by atoms with Crippen LogP contribution >= 0.6 is 0 Å². The molecule has 15 heteroatoms. The van der Waals surface area contributed by atoms with E-state index in [9.17, 15) is 38.0 Å². The van der Waals surface area contributed by atoms with E-state index >= 15 is 0 Å². The molecule has 262 valence electrons. The molecule has 3 rings (SSSR count). The number of nitrogens with one attached hydrogen (secondary N) is 2. The van der Waals surface area contributed by atoms with Gasteiger partial charge < -0.3 is 34.9 Å². The topological polar surface area (TPSA) is 152 Å². The van der Waals surface area contributed by atoms with Gasteiger partial charge in [0.2, 0.25) is 0 Å². The number of methoxy groups -OCH3 is 1. The van der Waals surface area contributed by atoms with Crippen molar-refractivity contribution < 1.29 is 47.0 Å². The zero-order valence-corrected chi connectivity index (χ0v) is 27.4. The molecule has 1 heterocycles. The van der Waals surface area contributed by atoms with Crippen LogP contribution in [0.15, 0.2) is 71.1 Å². The Bertz CT molecular complexity index is 1510. The summed E-state index contributed by atoms with van der Waals surface area (Å²) in [7, 11) is 2.71. The SMILES string of the molecule is COC(=O)C1=C(C(F)(F)F)NC(C)=C(C(=O)OCCN(C)CCc2ccc(OCC(O)CNC(C)C)cc2)C1c1cccc([N+](=O)[O-])c1. The number of alkyl halides is 3. The zero-order chi connectivity index (χ0) is 35.6. The maximum Gasteiger partial charge on any atom is 0.431 e. The van der Waals surface area contributed by atoms with E-state index < -0.39 is 52.0 Å². The minimum Gasteiger partial charge on any atom is -0.491 e. The number of aliphatic hydroxyl groups excluding tert-OH is 1. The summed E-state index contributed by atoms with van der Waals surface area (Å²) < 4.78 is 58.1. The number of aliphatic hydroxyl groups is 1. The maximum atomic E-state index is 14.1. The average Bonchev–Trinajstić information content (AvgIpc) is 3.04. The molecule has 1 aliphatic heterocycles. The summed E-state index contributed by atoms with van der Waals surface area (Å²) >= 11 is 0. The Labute approximate surface area is 276 Å². The number of likely N-dealkylation sites (N-methyl/N-ethyl adjacent to an activating group) is 1. The van der Waals surface area contributed by atoms with Crippen LogP contribution in [0.1, 0.15) is 37.8 Å². The van der Waals surface area contributed by atoms with Crippen LogP contribution in [-0.2, 0) is 25.5 Å². The monoisotopic (exact) mass is 678 g/mol. The number of nitro benzene ring substituents is 1. The van der Waals surface area contributed by atoms with Crippen LogP contribution in [0, 0.1) is 10.1 Å². The smallest absolute Gasteiger partial charge is 0.431 e. The van der Waals surface area contributed by atoms with Crippen LogP contribution in [-0.4, -0.2) is 92.2 Å². The number of halogens is 3. The van der Waals surface area contributed by atoms with Gasteiger partial charge in [0.25, 0.3) is 5.69 Å². The highest BCUT2D eigenvalue weighted by Gasteiger charge is 2.47. The van der Waals surface area contributed by atoms with Crippen LogP contribution in [0.2, 0.25) is 0 Å². The largest absolute Gasteiger partial charge is 0.491 e. The number of hydrogen-bond acceptors (Lipinski definition) is 11. The minimum atomic E-state index is -5.04. The van der Waals surface area contributed by atoms with Gasteiger partial charge in [-0.05, 0) is 43.7 Å². The Morgan fingerprint density at radius 2 is 1.79 bits per heavy atom. The summed E-state index contributed by atoms with van der Waals surface area (Å²) in [6, 6.07) is 12.4. The Morgan fingerprint density at radius 3 is 2.40 bits per heavy atom. The fourth-order valence-electron chi connectivity index (χ4n) is 4.98. The molecule has 0 aliphatic carbocycles.